The average Bonchev–Trinajstić information content (AvgIpc) is 3.36. The van der Waals surface area contributed by atoms with Gasteiger partial charge in [0.2, 0.25) is 5.91 Å². The molecule has 1 amide bonds. The van der Waals surface area contributed by atoms with Gasteiger partial charge in [0.25, 0.3) is 0 Å². The summed E-state index contributed by atoms with van der Waals surface area (Å²) in [6.45, 7) is 4.82. The molecule has 0 bridgehead atoms. The second-order valence-corrected chi connectivity index (χ2v) is 9.17. The van der Waals surface area contributed by atoms with Crippen LogP contribution in [0.4, 0.5) is 13.2 Å². The van der Waals surface area contributed by atoms with Crippen molar-refractivity contribution in [1.29, 1.82) is 0 Å². The van der Waals surface area contributed by atoms with Crippen molar-refractivity contribution >= 4 is 29.1 Å². The summed E-state index contributed by atoms with van der Waals surface area (Å²) in [7, 11) is 1.58. The molecule has 2 aliphatic heterocycles. The molecule has 2 aromatic rings. The standard InChI is InChI=1S/C21H23Cl2F3N4O2/c1-12-19(23)20(21(24,25)26)27-30(12)11-18(31)29-9-14-7-28(8-15(14)10-29)6-13-3-4-16(22)17(5-13)32-2/h3-5,14-15H,6-11H2,1-2H3. The van der Waals surface area contributed by atoms with Crippen LogP contribution in [0.15, 0.2) is 18.2 Å². The van der Waals surface area contributed by atoms with Crippen LogP contribution in [0.3, 0.4) is 0 Å². The molecular weight excluding hydrogens is 468 g/mol. The van der Waals surface area contributed by atoms with E-state index in [9.17, 15) is 18.0 Å². The van der Waals surface area contributed by atoms with Crippen molar-refractivity contribution < 1.29 is 22.7 Å². The molecule has 0 spiro atoms. The van der Waals surface area contributed by atoms with E-state index in [0.717, 1.165) is 29.9 Å². The van der Waals surface area contributed by atoms with Crippen molar-refractivity contribution in [1.82, 2.24) is 19.6 Å². The first-order chi connectivity index (χ1) is 15.1. The van der Waals surface area contributed by atoms with E-state index in [0.29, 0.717) is 35.7 Å². The number of benzene rings is 1. The molecule has 1 aromatic carbocycles. The molecule has 0 N–H and O–H groups in total. The van der Waals surface area contributed by atoms with E-state index in [1.54, 1.807) is 12.0 Å². The molecule has 2 unspecified atom stereocenters. The lowest BCUT2D eigenvalue weighted by molar-refractivity contribution is -0.142. The first kappa shape index (κ1) is 23.2. The number of hydrogen-bond donors (Lipinski definition) is 0. The largest absolute Gasteiger partial charge is 0.495 e. The van der Waals surface area contributed by atoms with Gasteiger partial charge in [-0.05, 0) is 36.5 Å². The number of nitrogens with zero attached hydrogens (tertiary/aromatic N) is 4. The van der Waals surface area contributed by atoms with E-state index >= 15 is 0 Å². The van der Waals surface area contributed by atoms with Gasteiger partial charge in [0.05, 0.1) is 22.8 Å². The van der Waals surface area contributed by atoms with Gasteiger partial charge < -0.3 is 9.64 Å². The Balaban J connectivity index is 1.34. The number of ether oxygens (including phenoxy) is 1. The highest BCUT2D eigenvalue weighted by Crippen LogP contribution is 2.36. The SMILES string of the molecule is COc1cc(CN2CC3CN(C(=O)Cn4nc(C(F)(F)F)c(Cl)c4C)CC3C2)ccc1Cl. The van der Waals surface area contributed by atoms with E-state index in [1.807, 2.05) is 18.2 Å². The number of aromatic nitrogens is 2. The topological polar surface area (TPSA) is 50.6 Å². The summed E-state index contributed by atoms with van der Waals surface area (Å²) >= 11 is 11.9. The highest BCUT2D eigenvalue weighted by molar-refractivity contribution is 6.32. The highest BCUT2D eigenvalue weighted by Gasteiger charge is 2.42. The van der Waals surface area contributed by atoms with Gasteiger partial charge in [-0.1, -0.05) is 29.3 Å². The molecule has 1 aromatic heterocycles. The number of likely N-dealkylation sites (tertiary alicyclic amines) is 2. The van der Waals surface area contributed by atoms with Crippen LogP contribution in [0.5, 0.6) is 5.75 Å². The zero-order valence-corrected chi connectivity index (χ0v) is 19.1. The van der Waals surface area contributed by atoms with E-state index in [2.05, 4.69) is 10.00 Å². The molecule has 3 heterocycles. The smallest absolute Gasteiger partial charge is 0.436 e. The second-order valence-electron chi connectivity index (χ2n) is 8.39. The molecule has 2 fully saturated rings. The third-order valence-electron chi connectivity index (χ3n) is 6.22. The predicted octanol–water partition coefficient (Wildman–Crippen LogP) is 4.12. The lowest BCUT2D eigenvalue weighted by atomic mass is 10.0. The van der Waals surface area contributed by atoms with Crippen molar-refractivity contribution in [3.63, 3.8) is 0 Å². The van der Waals surface area contributed by atoms with Crippen LogP contribution in [-0.4, -0.2) is 58.8 Å². The Hall–Kier alpha value is -1.97. The fourth-order valence-corrected chi connectivity index (χ4v) is 5.01. The molecule has 32 heavy (non-hydrogen) atoms. The second kappa shape index (κ2) is 8.76. The Kier molecular flexibility index (Phi) is 6.35. The molecular formula is C21H23Cl2F3N4O2. The summed E-state index contributed by atoms with van der Waals surface area (Å²) in [5.41, 5.74) is 0.0826. The lowest BCUT2D eigenvalue weighted by Gasteiger charge is -2.22. The normalized spacial score (nSPS) is 21.3. The van der Waals surface area contributed by atoms with Crippen LogP contribution in [0.2, 0.25) is 10.0 Å². The number of carbonyl (C=O) groups is 1. The fourth-order valence-electron chi connectivity index (χ4n) is 4.57. The monoisotopic (exact) mass is 490 g/mol. The molecule has 2 saturated heterocycles. The number of alkyl halides is 3. The quantitative estimate of drug-likeness (QED) is 0.632. The minimum atomic E-state index is -4.65. The van der Waals surface area contributed by atoms with Crippen molar-refractivity contribution in [3.05, 3.63) is 45.2 Å². The maximum absolute atomic E-state index is 13.0. The van der Waals surface area contributed by atoms with E-state index in [4.69, 9.17) is 27.9 Å². The minimum Gasteiger partial charge on any atom is -0.495 e. The summed E-state index contributed by atoms with van der Waals surface area (Å²) in [5.74, 6) is 1.06. The van der Waals surface area contributed by atoms with Crippen LogP contribution in [0.25, 0.3) is 0 Å². The molecule has 2 atom stereocenters. The third-order valence-corrected chi connectivity index (χ3v) is 6.99. The van der Waals surface area contributed by atoms with Gasteiger partial charge in [-0.2, -0.15) is 18.3 Å². The Morgan fingerprint density at radius 1 is 1.19 bits per heavy atom. The van der Waals surface area contributed by atoms with Gasteiger partial charge >= 0.3 is 6.18 Å². The molecule has 11 heteroatoms. The Bertz CT molecular complexity index is 1010. The number of methoxy groups -OCH3 is 1. The van der Waals surface area contributed by atoms with Gasteiger partial charge in [0.1, 0.15) is 12.3 Å². The molecule has 0 saturated carbocycles. The van der Waals surface area contributed by atoms with Crippen LogP contribution >= 0.6 is 23.2 Å². The third kappa shape index (κ3) is 4.56. The zero-order valence-electron chi connectivity index (χ0n) is 17.6. The van der Waals surface area contributed by atoms with Gasteiger partial charge in [0.15, 0.2) is 5.69 Å². The first-order valence-electron chi connectivity index (χ1n) is 10.2. The number of carbonyl (C=O) groups excluding carboxylic acids is 1. The lowest BCUT2D eigenvalue weighted by Crippen LogP contribution is -2.35. The molecule has 2 aliphatic rings. The summed E-state index contributed by atoms with van der Waals surface area (Å²) in [6, 6.07) is 5.72. The van der Waals surface area contributed by atoms with Crippen LogP contribution < -0.4 is 4.74 Å². The Morgan fingerprint density at radius 2 is 1.84 bits per heavy atom. The maximum Gasteiger partial charge on any atom is 0.436 e. The van der Waals surface area contributed by atoms with Gasteiger partial charge in [-0.3, -0.25) is 14.4 Å². The summed E-state index contributed by atoms with van der Waals surface area (Å²) in [4.78, 5) is 16.8. The van der Waals surface area contributed by atoms with Crippen LogP contribution in [0.1, 0.15) is 17.0 Å². The Morgan fingerprint density at radius 3 is 2.41 bits per heavy atom. The van der Waals surface area contributed by atoms with Crippen LogP contribution in [0, 0.1) is 18.8 Å². The van der Waals surface area contributed by atoms with E-state index in [-0.39, 0.29) is 18.1 Å². The minimum absolute atomic E-state index is 0.135. The van der Waals surface area contributed by atoms with Gasteiger partial charge in [0, 0.05) is 32.7 Å². The number of halogens is 5. The zero-order chi connectivity index (χ0) is 23.2. The molecule has 174 valence electrons. The fraction of sp³-hybridized carbons (Fsp3) is 0.524. The summed E-state index contributed by atoms with van der Waals surface area (Å²) < 4.78 is 45.4. The van der Waals surface area contributed by atoms with Crippen molar-refractivity contribution in [2.75, 3.05) is 33.3 Å². The number of fused-ring (bicyclic) bond motifs is 1. The number of rotatable bonds is 5. The molecule has 0 aliphatic carbocycles. The van der Waals surface area contributed by atoms with E-state index in [1.165, 1.54) is 6.92 Å². The maximum atomic E-state index is 13.0. The average molecular weight is 491 g/mol. The van der Waals surface area contributed by atoms with E-state index < -0.39 is 16.9 Å². The molecule has 4 rings (SSSR count). The van der Waals surface area contributed by atoms with Gasteiger partial charge in [-0.15, -0.1) is 0 Å². The van der Waals surface area contributed by atoms with Crippen molar-refractivity contribution in [2.45, 2.75) is 26.2 Å². The summed E-state index contributed by atoms with van der Waals surface area (Å²) in [5, 5.41) is 3.64. The predicted molar refractivity (Wildman–Crippen MR) is 114 cm³/mol. The molecule has 0 radical (unpaired) electrons. The molecule has 6 nitrogen and oxygen atoms in total. The van der Waals surface area contributed by atoms with Crippen LogP contribution in [-0.2, 0) is 24.1 Å². The Labute approximate surface area is 193 Å². The summed E-state index contributed by atoms with van der Waals surface area (Å²) in [6.07, 6.45) is -4.65. The van der Waals surface area contributed by atoms with Crippen molar-refractivity contribution in [2.24, 2.45) is 11.8 Å². The first-order valence-corrected chi connectivity index (χ1v) is 10.9. The van der Waals surface area contributed by atoms with Crippen molar-refractivity contribution in [3.8, 4) is 5.75 Å². The number of hydrogen-bond acceptors (Lipinski definition) is 4. The highest BCUT2D eigenvalue weighted by atomic mass is 35.5. The van der Waals surface area contributed by atoms with Gasteiger partial charge in [-0.25, -0.2) is 0 Å². The number of amides is 1.